The molecule has 3 heterocycles. The lowest BCUT2D eigenvalue weighted by Crippen LogP contribution is -2.26. The maximum atomic E-state index is 12.5. The molecule has 1 fully saturated rings. The number of benzene rings is 1. The van der Waals surface area contributed by atoms with Crippen LogP contribution in [0.4, 0.5) is 5.13 Å². The Morgan fingerprint density at radius 1 is 1.14 bits per heavy atom. The number of amides is 1. The van der Waals surface area contributed by atoms with E-state index in [-0.39, 0.29) is 5.91 Å². The lowest BCUT2D eigenvalue weighted by atomic mass is 9.97. The molecule has 0 aliphatic carbocycles. The van der Waals surface area contributed by atoms with Gasteiger partial charge in [0.1, 0.15) is 12.4 Å². The third kappa shape index (κ3) is 4.74. The first-order chi connectivity index (χ1) is 13.8. The highest BCUT2D eigenvalue weighted by Gasteiger charge is 2.18. The number of rotatable bonds is 6. The van der Waals surface area contributed by atoms with Crippen LogP contribution in [0.1, 0.15) is 39.6 Å². The molecule has 4 rings (SSSR count). The second-order valence-corrected chi connectivity index (χ2v) is 7.78. The van der Waals surface area contributed by atoms with Crippen molar-refractivity contribution in [3.05, 3.63) is 71.0 Å². The average molecular weight is 395 g/mol. The van der Waals surface area contributed by atoms with Gasteiger partial charge in [-0.05, 0) is 73.8 Å². The van der Waals surface area contributed by atoms with Gasteiger partial charge in [-0.2, -0.15) is 0 Å². The first kappa shape index (κ1) is 18.6. The minimum Gasteiger partial charge on any atom is -0.489 e. The van der Waals surface area contributed by atoms with Crippen LogP contribution in [-0.4, -0.2) is 29.0 Å². The summed E-state index contributed by atoms with van der Waals surface area (Å²) in [5, 5.41) is 6.92. The number of hydrogen-bond acceptors (Lipinski definition) is 6. The van der Waals surface area contributed by atoms with Crippen LogP contribution in [0.25, 0.3) is 0 Å². The summed E-state index contributed by atoms with van der Waals surface area (Å²) in [6.07, 6.45) is 7.61. The van der Waals surface area contributed by atoms with Crippen molar-refractivity contribution in [3.63, 3.8) is 0 Å². The number of thiazole rings is 1. The van der Waals surface area contributed by atoms with Gasteiger partial charge in [-0.25, -0.2) is 4.98 Å². The van der Waals surface area contributed by atoms with Gasteiger partial charge in [-0.15, -0.1) is 11.3 Å². The Kier molecular flexibility index (Phi) is 5.94. The van der Waals surface area contributed by atoms with E-state index in [0.717, 1.165) is 37.2 Å². The lowest BCUT2D eigenvalue weighted by Gasteiger charge is -2.20. The molecule has 0 unspecified atom stereocenters. The number of aromatic nitrogens is 2. The number of nitrogens with one attached hydrogen (secondary N) is 2. The Morgan fingerprint density at radius 2 is 1.89 bits per heavy atom. The van der Waals surface area contributed by atoms with Crippen LogP contribution in [-0.2, 0) is 6.61 Å². The number of piperidine rings is 1. The molecule has 7 heteroatoms. The Hall–Kier alpha value is -2.77. The summed E-state index contributed by atoms with van der Waals surface area (Å²) in [6.45, 7) is 2.55. The third-order valence-electron chi connectivity index (χ3n) is 4.76. The average Bonchev–Trinajstić information content (AvgIpc) is 3.22. The number of carbonyl (C=O) groups excluding carboxylic acids is 1. The van der Waals surface area contributed by atoms with E-state index in [1.54, 1.807) is 48.0 Å². The zero-order valence-electron chi connectivity index (χ0n) is 15.4. The van der Waals surface area contributed by atoms with Gasteiger partial charge in [0.15, 0.2) is 5.13 Å². The van der Waals surface area contributed by atoms with Crippen LogP contribution in [0.15, 0.2) is 55.0 Å². The van der Waals surface area contributed by atoms with Crippen LogP contribution >= 0.6 is 11.3 Å². The predicted octanol–water partition coefficient (Wildman–Crippen LogP) is 3.84. The van der Waals surface area contributed by atoms with Gasteiger partial charge in [-0.1, -0.05) is 0 Å². The van der Waals surface area contributed by atoms with Crippen molar-refractivity contribution in [3.8, 4) is 5.75 Å². The second kappa shape index (κ2) is 8.95. The molecule has 0 radical (unpaired) electrons. The monoisotopic (exact) mass is 394 g/mol. The number of ether oxygens (including phenoxy) is 1. The van der Waals surface area contributed by atoms with Crippen LogP contribution in [0.3, 0.4) is 0 Å². The number of carbonyl (C=O) groups is 1. The Labute approximate surface area is 168 Å². The topological polar surface area (TPSA) is 76.1 Å². The zero-order valence-corrected chi connectivity index (χ0v) is 16.2. The van der Waals surface area contributed by atoms with Gasteiger partial charge in [0, 0.05) is 29.0 Å². The molecule has 0 saturated carbocycles. The maximum Gasteiger partial charge on any atom is 0.257 e. The molecule has 1 saturated heterocycles. The molecule has 1 amide bonds. The van der Waals surface area contributed by atoms with Gasteiger partial charge >= 0.3 is 0 Å². The summed E-state index contributed by atoms with van der Waals surface area (Å²) >= 11 is 1.57. The molecule has 28 heavy (non-hydrogen) atoms. The van der Waals surface area contributed by atoms with Crippen LogP contribution in [0.2, 0.25) is 0 Å². The molecular formula is C21H22N4O2S. The fraction of sp³-hybridized carbons (Fsp3) is 0.286. The SMILES string of the molecule is O=C(Nc1ncc(C2CCNCC2)s1)c1ccc(OCc2ccncc2)cc1. The smallest absolute Gasteiger partial charge is 0.257 e. The third-order valence-corrected chi connectivity index (χ3v) is 5.83. The first-order valence-electron chi connectivity index (χ1n) is 9.37. The van der Waals surface area contributed by atoms with E-state index in [0.29, 0.717) is 23.2 Å². The van der Waals surface area contributed by atoms with Gasteiger partial charge < -0.3 is 10.1 Å². The van der Waals surface area contributed by atoms with Crippen molar-refractivity contribution in [2.45, 2.75) is 25.4 Å². The maximum absolute atomic E-state index is 12.5. The molecule has 2 N–H and O–H groups in total. The van der Waals surface area contributed by atoms with Crippen LogP contribution in [0, 0.1) is 0 Å². The molecule has 2 aromatic heterocycles. The Morgan fingerprint density at radius 3 is 2.64 bits per heavy atom. The molecule has 1 aliphatic rings. The normalized spacial score (nSPS) is 14.6. The van der Waals surface area contributed by atoms with Gasteiger partial charge in [-0.3, -0.25) is 15.1 Å². The largest absolute Gasteiger partial charge is 0.489 e. The molecule has 6 nitrogen and oxygen atoms in total. The molecule has 1 aliphatic heterocycles. The standard InChI is InChI=1S/C21H22N4O2S/c26-20(25-21-24-13-19(28-21)16-7-11-23-12-8-16)17-1-3-18(4-2-17)27-14-15-5-9-22-10-6-15/h1-6,9-10,13,16,23H,7-8,11-12,14H2,(H,24,25,26). The summed E-state index contributed by atoms with van der Waals surface area (Å²) in [6, 6.07) is 11.0. The summed E-state index contributed by atoms with van der Waals surface area (Å²) in [5.41, 5.74) is 1.63. The van der Waals surface area contributed by atoms with E-state index in [2.05, 4.69) is 20.6 Å². The molecule has 3 aromatic rings. The summed E-state index contributed by atoms with van der Waals surface area (Å²) in [7, 11) is 0. The van der Waals surface area contributed by atoms with Crippen LogP contribution in [0.5, 0.6) is 5.75 Å². The Bertz CT molecular complexity index is 906. The van der Waals surface area contributed by atoms with Crippen molar-refractivity contribution in [2.75, 3.05) is 18.4 Å². The van der Waals surface area contributed by atoms with E-state index in [1.807, 2.05) is 18.3 Å². The highest BCUT2D eigenvalue weighted by Crippen LogP contribution is 2.31. The first-order valence-corrected chi connectivity index (χ1v) is 10.2. The number of pyridine rings is 1. The Balaban J connectivity index is 1.32. The fourth-order valence-corrected chi connectivity index (χ4v) is 4.14. The molecule has 144 valence electrons. The van der Waals surface area contributed by atoms with E-state index in [9.17, 15) is 4.79 Å². The van der Waals surface area contributed by atoms with Crippen molar-refractivity contribution >= 4 is 22.4 Å². The van der Waals surface area contributed by atoms with Gasteiger partial charge in [0.2, 0.25) is 0 Å². The van der Waals surface area contributed by atoms with Crippen molar-refractivity contribution < 1.29 is 9.53 Å². The molecule has 0 atom stereocenters. The minimum atomic E-state index is -0.160. The van der Waals surface area contributed by atoms with Gasteiger partial charge in [0.25, 0.3) is 5.91 Å². The van der Waals surface area contributed by atoms with Crippen molar-refractivity contribution in [1.82, 2.24) is 15.3 Å². The zero-order chi connectivity index (χ0) is 19.2. The molecule has 0 bridgehead atoms. The van der Waals surface area contributed by atoms with Crippen molar-refractivity contribution in [1.29, 1.82) is 0 Å². The second-order valence-electron chi connectivity index (χ2n) is 6.71. The van der Waals surface area contributed by atoms with Crippen molar-refractivity contribution in [2.24, 2.45) is 0 Å². The minimum absolute atomic E-state index is 0.160. The highest BCUT2D eigenvalue weighted by molar-refractivity contribution is 7.15. The molecule has 1 aromatic carbocycles. The van der Waals surface area contributed by atoms with E-state index in [4.69, 9.17) is 4.74 Å². The number of nitrogens with zero attached hydrogens (tertiary/aromatic N) is 2. The lowest BCUT2D eigenvalue weighted by molar-refractivity contribution is 0.102. The molecule has 0 spiro atoms. The molecular weight excluding hydrogens is 372 g/mol. The fourth-order valence-electron chi connectivity index (χ4n) is 3.16. The number of hydrogen-bond donors (Lipinski definition) is 2. The van der Waals surface area contributed by atoms with E-state index < -0.39 is 0 Å². The van der Waals surface area contributed by atoms with Crippen LogP contribution < -0.4 is 15.4 Å². The summed E-state index contributed by atoms with van der Waals surface area (Å²) in [4.78, 5) is 22.1. The quantitative estimate of drug-likeness (QED) is 0.664. The highest BCUT2D eigenvalue weighted by atomic mass is 32.1. The van der Waals surface area contributed by atoms with E-state index >= 15 is 0 Å². The number of anilines is 1. The predicted molar refractivity (Wildman–Crippen MR) is 110 cm³/mol. The van der Waals surface area contributed by atoms with E-state index in [1.165, 1.54) is 4.88 Å². The van der Waals surface area contributed by atoms with Gasteiger partial charge in [0.05, 0.1) is 0 Å². The summed E-state index contributed by atoms with van der Waals surface area (Å²) in [5.74, 6) is 1.10. The summed E-state index contributed by atoms with van der Waals surface area (Å²) < 4.78 is 5.74.